The molecule has 0 saturated carbocycles. The molecule has 2 unspecified atom stereocenters. The van der Waals surface area contributed by atoms with Gasteiger partial charge in [-0.3, -0.25) is 4.90 Å². The van der Waals surface area contributed by atoms with Gasteiger partial charge in [0.05, 0.1) is 6.61 Å². The number of nitrogens with one attached hydrogen (secondary N) is 1. The summed E-state index contributed by atoms with van der Waals surface area (Å²) in [6, 6.07) is 1.43. The minimum Gasteiger partial charge on any atom is -0.383 e. The molecule has 0 amide bonds. The third-order valence-corrected chi connectivity index (χ3v) is 3.10. The highest BCUT2D eigenvalue weighted by molar-refractivity contribution is 4.81. The molecule has 0 aliphatic carbocycles. The van der Waals surface area contributed by atoms with Gasteiger partial charge >= 0.3 is 0 Å². The van der Waals surface area contributed by atoms with Crippen LogP contribution in [0.25, 0.3) is 0 Å². The van der Waals surface area contributed by atoms with E-state index in [2.05, 4.69) is 24.1 Å². The van der Waals surface area contributed by atoms with E-state index in [4.69, 9.17) is 4.74 Å². The number of hydrogen-bond donors (Lipinski definition) is 1. The first-order chi connectivity index (χ1) is 6.77. The molecule has 1 N–H and O–H groups in total. The molecule has 0 aromatic carbocycles. The summed E-state index contributed by atoms with van der Waals surface area (Å²) in [5.74, 6) is 0. The fraction of sp³-hybridized carbons (Fsp3) is 1.00. The summed E-state index contributed by atoms with van der Waals surface area (Å²) in [4.78, 5) is 2.54. The first-order valence-electron chi connectivity index (χ1n) is 5.74. The van der Waals surface area contributed by atoms with E-state index < -0.39 is 0 Å². The van der Waals surface area contributed by atoms with Crippen LogP contribution in [0.2, 0.25) is 0 Å². The minimum atomic E-state index is 0.672. The van der Waals surface area contributed by atoms with Crippen molar-refractivity contribution in [3.8, 4) is 0 Å². The molecule has 1 aliphatic heterocycles. The highest BCUT2D eigenvalue weighted by Gasteiger charge is 2.22. The van der Waals surface area contributed by atoms with Crippen LogP contribution in [0.5, 0.6) is 0 Å². The lowest BCUT2D eigenvalue weighted by molar-refractivity contribution is 0.102. The van der Waals surface area contributed by atoms with Gasteiger partial charge in [-0.2, -0.15) is 0 Å². The van der Waals surface area contributed by atoms with Crippen LogP contribution < -0.4 is 5.32 Å². The van der Waals surface area contributed by atoms with Crippen LogP contribution in [0.4, 0.5) is 0 Å². The molecule has 1 aliphatic rings. The smallest absolute Gasteiger partial charge is 0.0589 e. The van der Waals surface area contributed by atoms with Gasteiger partial charge in [-0.25, -0.2) is 0 Å². The van der Waals surface area contributed by atoms with Crippen LogP contribution in [-0.4, -0.2) is 50.3 Å². The Morgan fingerprint density at radius 1 is 1.50 bits per heavy atom. The molecule has 1 heterocycles. The van der Waals surface area contributed by atoms with Gasteiger partial charge < -0.3 is 10.1 Å². The maximum atomic E-state index is 5.13. The van der Waals surface area contributed by atoms with Gasteiger partial charge in [0.2, 0.25) is 0 Å². The summed E-state index contributed by atoms with van der Waals surface area (Å²) < 4.78 is 5.13. The van der Waals surface area contributed by atoms with Crippen molar-refractivity contribution in [2.45, 2.75) is 38.8 Å². The number of rotatable bonds is 5. The number of piperidine rings is 1. The topological polar surface area (TPSA) is 24.5 Å². The van der Waals surface area contributed by atoms with E-state index in [0.717, 1.165) is 32.3 Å². The van der Waals surface area contributed by atoms with Gasteiger partial charge in [0, 0.05) is 25.7 Å². The fourth-order valence-corrected chi connectivity index (χ4v) is 2.24. The number of hydrogen-bond acceptors (Lipinski definition) is 3. The van der Waals surface area contributed by atoms with Crippen molar-refractivity contribution in [1.82, 2.24) is 10.2 Å². The summed E-state index contributed by atoms with van der Waals surface area (Å²) in [5, 5.41) is 3.49. The molecular weight excluding hydrogens is 176 g/mol. The Morgan fingerprint density at radius 3 is 2.86 bits per heavy atom. The first kappa shape index (κ1) is 12.0. The number of nitrogens with zero attached hydrogens (tertiary/aromatic N) is 1. The molecule has 0 aromatic rings. The van der Waals surface area contributed by atoms with Crippen LogP contribution in [0.15, 0.2) is 0 Å². The zero-order valence-corrected chi connectivity index (χ0v) is 9.75. The number of methoxy groups -OCH3 is 1. The second-order valence-electron chi connectivity index (χ2n) is 4.15. The molecule has 0 radical (unpaired) electrons. The summed E-state index contributed by atoms with van der Waals surface area (Å²) in [6.07, 6.45) is 2.56. The molecule has 3 heteroatoms. The molecule has 14 heavy (non-hydrogen) atoms. The Hall–Kier alpha value is -0.120. The van der Waals surface area contributed by atoms with Crippen molar-refractivity contribution in [3.63, 3.8) is 0 Å². The van der Waals surface area contributed by atoms with Crippen LogP contribution in [-0.2, 0) is 4.74 Å². The lowest BCUT2D eigenvalue weighted by Crippen LogP contribution is -2.47. The monoisotopic (exact) mass is 200 g/mol. The number of ether oxygens (including phenoxy) is 1. The van der Waals surface area contributed by atoms with Crippen molar-refractivity contribution in [1.29, 1.82) is 0 Å². The quantitative estimate of drug-likeness (QED) is 0.719. The largest absolute Gasteiger partial charge is 0.383 e. The Bertz CT molecular complexity index is 152. The lowest BCUT2D eigenvalue weighted by atomic mass is 9.99. The second kappa shape index (κ2) is 6.38. The zero-order chi connectivity index (χ0) is 10.4. The van der Waals surface area contributed by atoms with Gasteiger partial charge in [-0.15, -0.1) is 0 Å². The maximum Gasteiger partial charge on any atom is 0.0589 e. The standard InChI is InChI=1S/C11H24N2O/c1-4-13(7-8-14-3)11-5-6-12-10(2)9-11/h10-12H,4-9H2,1-3H3. The van der Waals surface area contributed by atoms with Gasteiger partial charge in [0.1, 0.15) is 0 Å². The Labute approximate surface area is 87.8 Å². The lowest BCUT2D eigenvalue weighted by Gasteiger charge is -2.36. The summed E-state index contributed by atoms with van der Waals surface area (Å²) in [5.41, 5.74) is 0. The normalized spacial score (nSPS) is 28.3. The molecule has 84 valence electrons. The van der Waals surface area contributed by atoms with Crippen LogP contribution in [0.1, 0.15) is 26.7 Å². The molecule has 1 fully saturated rings. The molecule has 0 bridgehead atoms. The van der Waals surface area contributed by atoms with E-state index in [1.165, 1.54) is 12.8 Å². The van der Waals surface area contributed by atoms with Crippen molar-refractivity contribution < 1.29 is 4.74 Å². The minimum absolute atomic E-state index is 0.672. The zero-order valence-electron chi connectivity index (χ0n) is 9.75. The third kappa shape index (κ3) is 3.56. The molecule has 1 rings (SSSR count). The van der Waals surface area contributed by atoms with Crippen LogP contribution in [0, 0.1) is 0 Å². The highest BCUT2D eigenvalue weighted by atomic mass is 16.5. The average molecular weight is 200 g/mol. The molecule has 0 spiro atoms. The van der Waals surface area contributed by atoms with Gasteiger partial charge in [0.15, 0.2) is 0 Å². The van der Waals surface area contributed by atoms with Crippen molar-refractivity contribution >= 4 is 0 Å². The van der Waals surface area contributed by atoms with Crippen molar-refractivity contribution in [3.05, 3.63) is 0 Å². The van der Waals surface area contributed by atoms with E-state index in [0.29, 0.717) is 6.04 Å². The van der Waals surface area contributed by atoms with Crippen LogP contribution >= 0.6 is 0 Å². The maximum absolute atomic E-state index is 5.13. The Kier molecular flexibility index (Phi) is 5.45. The molecule has 2 atom stereocenters. The summed E-state index contributed by atoms with van der Waals surface area (Å²) >= 11 is 0. The van der Waals surface area contributed by atoms with Crippen molar-refractivity contribution in [2.24, 2.45) is 0 Å². The Morgan fingerprint density at radius 2 is 2.29 bits per heavy atom. The third-order valence-electron chi connectivity index (χ3n) is 3.10. The van der Waals surface area contributed by atoms with E-state index in [1.54, 1.807) is 7.11 Å². The second-order valence-corrected chi connectivity index (χ2v) is 4.15. The van der Waals surface area contributed by atoms with Gasteiger partial charge in [-0.1, -0.05) is 6.92 Å². The van der Waals surface area contributed by atoms with Crippen LogP contribution in [0.3, 0.4) is 0 Å². The molecule has 1 saturated heterocycles. The first-order valence-corrected chi connectivity index (χ1v) is 5.74. The predicted molar refractivity (Wildman–Crippen MR) is 59.6 cm³/mol. The van der Waals surface area contributed by atoms with Gasteiger partial charge in [-0.05, 0) is 32.9 Å². The summed E-state index contributed by atoms with van der Waals surface area (Å²) in [6.45, 7) is 8.74. The predicted octanol–water partition coefficient (Wildman–Crippen LogP) is 1.10. The van der Waals surface area contributed by atoms with E-state index in [1.807, 2.05) is 0 Å². The highest BCUT2D eigenvalue weighted by Crippen LogP contribution is 2.14. The van der Waals surface area contributed by atoms with E-state index in [9.17, 15) is 0 Å². The fourth-order valence-electron chi connectivity index (χ4n) is 2.24. The van der Waals surface area contributed by atoms with E-state index >= 15 is 0 Å². The number of likely N-dealkylation sites (N-methyl/N-ethyl adjacent to an activating group) is 1. The van der Waals surface area contributed by atoms with Gasteiger partial charge in [0.25, 0.3) is 0 Å². The summed E-state index contributed by atoms with van der Waals surface area (Å²) in [7, 11) is 1.78. The molecule has 0 aromatic heterocycles. The Balaban J connectivity index is 2.34. The molecular formula is C11H24N2O. The van der Waals surface area contributed by atoms with Crippen molar-refractivity contribution in [2.75, 3.05) is 33.4 Å². The molecule has 3 nitrogen and oxygen atoms in total. The van der Waals surface area contributed by atoms with E-state index in [-0.39, 0.29) is 0 Å². The average Bonchev–Trinajstić information content (AvgIpc) is 2.19. The SMILES string of the molecule is CCN(CCOC)C1CCNC(C)C1.